The molecule has 0 radical (unpaired) electrons. The number of ether oxygens (including phenoxy) is 1. The lowest BCUT2D eigenvalue weighted by molar-refractivity contribution is -0.119. The van der Waals surface area contributed by atoms with E-state index < -0.39 is 17.7 Å². The zero-order chi connectivity index (χ0) is 14.6. The van der Waals surface area contributed by atoms with Gasteiger partial charge >= 0.3 is 6.09 Å². The molecule has 0 unspecified atom stereocenters. The summed E-state index contributed by atoms with van der Waals surface area (Å²) in [5.74, 6) is -0.173. The zero-order valence-corrected chi connectivity index (χ0v) is 12.2. The number of benzene rings is 1. The summed E-state index contributed by atoms with van der Waals surface area (Å²) in [6.07, 6.45) is -0.623. The van der Waals surface area contributed by atoms with Gasteiger partial charge in [0.25, 0.3) is 0 Å². The molecular formula is C14H18ClNO3. The van der Waals surface area contributed by atoms with Gasteiger partial charge in [0.15, 0.2) is 5.78 Å². The van der Waals surface area contributed by atoms with Crippen LogP contribution >= 0.6 is 11.6 Å². The Balaban J connectivity index is 2.82. The summed E-state index contributed by atoms with van der Waals surface area (Å²) in [5, 5.41) is 3.13. The van der Waals surface area contributed by atoms with Crippen LogP contribution in [-0.4, -0.2) is 17.5 Å². The Kier molecular flexibility index (Phi) is 4.95. The van der Waals surface area contributed by atoms with Gasteiger partial charge in [-0.2, -0.15) is 0 Å². The predicted octanol–water partition coefficient (Wildman–Crippen LogP) is 3.49. The summed E-state index contributed by atoms with van der Waals surface area (Å²) < 4.78 is 5.14. The molecule has 1 rings (SSSR count). The normalized spacial score (nSPS) is 12.7. The minimum atomic E-state index is -0.730. The quantitative estimate of drug-likeness (QED) is 0.924. The summed E-state index contributed by atoms with van der Waals surface area (Å²) in [6, 6.07) is 6.01. The Morgan fingerprint density at radius 2 is 1.74 bits per heavy atom. The molecule has 1 atom stereocenters. The standard InChI is InChI=1S/C14H18ClNO3/c1-9(17)12(10-5-7-11(15)8-6-10)16-13(18)19-14(2,3)4/h5-8,12H,1-4H3,(H,16,18)/t12-/m0/s1. The highest BCUT2D eigenvalue weighted by molar-refractivity contribution is 6.30. The van der Waals surface area contributed by atoms with Gasteiger partial charge in [0, 0.05) is 5.02 Å². The summed E-state index contributed by atoms with van der Waals surface area (Å²) in [4.78, 5) is 23.3. The minimum Gasteiger partial charge on any atom is -0.444 e. The van der Waals surface area contributed by atoms with E-state index in [1.165, 1.54) is 6.92 Å². The molecule has 1 aromatic carbocycles. The Morgan fingerprint density at radius 1 is 1.21 bits per heavy atom. The monoisotopic (exact) mass is 283 g/mol. The van der Waals surface area contributed by atoms with Gasteiger partial charge < -0.3 is 10.1 Å². The fraction of sp³-hybridized carbons (Fsp3) is 0.429. The van der Waals surface area contributed by atoms with Gasteiger partial charge in [0.1, 0.15) is 11.6 Å². The van der Waals surface area contributed by atoms with E-state index in [4.69, 9.17) is 16.3 Å². The highest BCUT2D eigenvalue weighted by Crippen LogP contribution is 2.18. The molecular weight excluding hydrogens is 266 g/mol. The molecule has 4 nitrogen and oxygen atoms in total. The molecule has 1 amide bonds. The summed E-state index contributed by atoms with van der Waals surface area (Å²) in [7, 11) is 0. The van der Waals surface area contributed by atoms with Gasteiger partial charge in [-0.15, -0.1) is 0 Å². The molecule has 0 saturated carbocycles. The number of alkyl carbamates (subject to hydrolysis) is 1. The Labute approximate surface area is 118 Å². The molecule has 5 heteroatoms. The molecule has 0 aromatic heterocycles. The Morgan fingerprint density at radius 3 is 2.16 bits per heavy atom. The van der Waals surface area contributed by atoms with Crippen molar-refractivity contribution in [1.82, 2.24) is 5.32 Å². The number of carbonyl (C=O) groups excluding carboxylic acids is 2. The summed E-state index contributed by atoms with van der Waals surface area (Å²) >= 11 is 5.79. The smallest absolute Gasteiger partial charge is 0.408 e. The SMILES string of the molecule is CC(=O)[C@H](NC(=O)OC(C)(C)C)c1ccc(Cl)cc1. The number of hydrogen-bond donors (Lipinski definition) is 1. The number of carbonyl (C=O) groups is 2. The summed E-state index contributed by atoms with van der Waals surface area (Å²) in [6.45, 7) is 6.70. The van der Waals surface area contributed by atoms with E-state index in [0.717, 1.165) is 0 Å². The molecule has 0 fully saturated rings. The third kappa shape index (κ3) is 5.30. The fourth-order valence-corrected chi connectivity index (χ4v) is 1.63. The van der Waals surface area contributed by atoms with Crippen LogP contribution in [0.2, 0.25) is 5.02 Å². The van der Waals surface area contributed by atoms with Crippen molar-refractivity contribution in [2.75, 3.05) is 0 Å². The second-order valence-electron chi connectivity index (χ2n) is 5.24. The predicted molar refractivity (Wildman–Crippen MR) is 74.2 cm³/mol. The second kappa shape index (κ2) is 6.06. The van der Waals surface area contributed by atoms with Gasteiger partial charge in [-0.3, -0.25) is 4.79 Å². The van der Waals surface area contributed by atoms with Crippen molar-refractivity contribution in [3.8, 4) is 0 Å². The molecule has 0 saturated heterocycles. The number of Topliss-reactive ketones (excluding diaryl/α,β-unsaturated/α-hetero) is 1. The Hall–Kier alpha value is -1.55. The molecule has 0 aliphatic heterocycles. The van der Waals surface area contributed by atoms with Crippen LogP contribution in [0.15, 0.2) is 24.3 Å². The number of ketones is 1. The number of hydrogen-bond acceptors (Lipinski definition) is 3. The van der Waals surface area contributed by atoms with Crippen molar-refractivity contribution < 1.29 is 14.3 Å². The van der Waals surface area contributed by atoms with E-state index in [0.29, 0.717) is 10.6 Å². The lowest BCUT2D eigenvalue weighted by atomic mass is 10.0. The first-order chi connectivity index (χ1) is 8.69. The maximum Gasteiger partial charge on any atom is 0.408 e. The molecule has 0 aliphatic carbocycles. The van der Waals surface area contributed by atoms with Crippen LogP contribution in [-0.2, 0) is 9.53 Å². The van der Waals surface area contributed by atoms with Crippen LogP contribution in [0.5, 0.6) is 0 Å². The molecule has 0 spiro atoms. The highest BCUT2D eigenvalue weighted by atomic mass is 35.5. The molecule has 0 aliphatic rings. The molecule has 1 aromatic rings. The van der Waals surface area contributed by atoms with Crippen molar-refractivity contribution >= 4 is 23.5 Å². The maximum absolute atomic E-state index is 11.7. The van der Waals surface area contributed by atoms with Crippen molar-refractivity contribution in [3.05, 3.63) is 34.9 Å². The number of rotatable bonds is 3. The topological polar surface area (TPSA) is 55.4 Å². The highest BCUT2D eigenvalue weighted by Gasteiger charge is 2.23. The third-order valence-corrected chi connectivity index (χ3v) is 2.52. The van der Waals surface area contributed by atoms with Gasteiger partial charge in [-0.25, -0.2) is 4.79 Å². The van der Waals surface area contributed by atoms with E-state index in [1.807, 2.05) is 0 Å². The number of nitrogens with one attached hydrogen (secondary N) is 1. The average molecular weight is 284 g/mol. The van der Waals surface area contributed by atoms with Crippen LogP contribution in [0.25, 0.3) is 0 Å². The van der Waals surface area contributed by atoms with Gasteiger partial charge in [0.05, 0.1) is 0 Å². The van der Waals surface area contributed by atoms with E-state index in [-0.39, 0.29) is 5.78 Å². The molecule has 1 N–H and O–H groups in total. The third-order valence-electron chi connectivity index (χ3n) is 2.27. The van der Waals surface area contributed by atoms with Crippen LogP contribution < -0.4 is 5.32 Å². The average Bonchev–Trinajstić information content (AvgIpc) is 2.24. The van der Waals surface area contributed by atoms with Crippen LogP contribution in [0.1, 0.15) is 39.3 Å². The maximum atomic E-state index is 11.7. The van der Waals surface area contributed by atoms with Crippen LogP contribution in [0.3, 0.4) is 0 Å². The first-order valence-electron chi connectivity index (χ1n) is 5.94. The van der Waals surface area contributed by atoms with Crippen LogP contribution in [0, 0.1) is 0 Å². The zero-order valence-electron chi connectivity index (χ0n) is 11.5. The first kappa shape index (κ1) is 15.5. The van der Waals surface area contributed by atoms with Crippen molar-refractivity contribution in [2.24, 2.45) is 0 Å². The lowest BCUT2D eigenvalue weighted by Gasteiger charge is -2.22. The largest absolute Gasteiger partial charge is 0.444 e. The second-order valence-corrected chi connectivity index (χ2v) is 5.68. The van der Waals surface area contributed by atoms with E-state index in [1.54, 1.807) is 45.0 Å². The van der Waals surface area contributed by atoms with E-state index >= 15 is 0 Å². The molecule has 19 heavy (non-hydrogen) atoms. The van der Waals surface area contributed by atoms with Gasteiger partial charge in [-0.05, 0) is 45.4 Å². The van der Waals surface area contributed by atoms with Gasteiger partial charge in [0.2, 0.25) is 0 Å². The lowest BCUT2D eigenvalue weighted by Crippen LogP contribution is -2.37. The van der Waals surface area contributed by atoms with Crippen molar-refractivity contribution in [2.45, 2.75) is 39.3 Å². The van der Waals surface area contributed by atoms with Gasteiger partial charge in [-0.1, -0.05) is 23.7 Å². The summed E-state index contributed by atoms with van der Waals surface area (Å²) in [5.41, 5.74) is 0.0635. The fourth-order valence-electron chi connectivity index (χ4n) is 1.50. The number of halogens is 1. The Bertz CT molecular complexity index is 463. The van der Waals surface area contributed by atoms with Crippen molar-refractivity contribution in [1.29, 1.82) is 0 Å². The van der Waals surface area contributed by atoms with Crippen molar-refractivity contribution in [3.63, 3.8) is 0 Å². The molecule has 0 bridgehead atoms. The molecule has 104 valence electrons. The first-order valence-corrected chi connectivity index (χ1v) is 6.32. The molecule has 0 heterocycles. The van der Waals surface area contributed by atoms with Crippen LogP contribution in [0.4, 0.5) is 4.79 Å². The van der Waals surface area contributed by atoms with E-state index in [9.17, 15) is 9.59 Å². The van der Waals surface area contributed by atoms with E-state index in [2.05, 4.69) is 5.32 Å². The minimum absolute atomic E-state index is 0.173. The number of amides is 1.